The number of rotatable bonds is 3. The summed E-state index contributed by atoms with van der Waals surface area (Å²) in [5, 5.41) is 7.15. The van der Waals surface area contributed by atoms with Crippen molar-refractivity contribution in [2.45, 2.75) is 34.2 Å². The van der Waals surface area contributed by atoms with E-state index in [9.17, 15) is 4.79 Å². The number of hydrogen-bond donors (Lipinski definition) is 1. The van der Waals surface area contributed by atoms with Gasteiger partial charge < -0.3 is 5.32 Å². The third kappa shape index (κ3) is 2.84. The summed E-state index contributed by atoms with van der Waals surface area (Å²) < 4.78 is 1.74. The van der Waals surface area contributed by atoms with Crippen molar-refractivity contribution in [1.82, 2.24) is 9.78 Å². The number of aromatic nitrogens is 2. The molecule has 19 heavy (non-hydrogen) atoms. The van der Waals surface area contributed by atoms with Gasteiger partial charge in [0.1, 0.15) is 0 Å². The highest BCUT2D eigenvalue weighted by Crippen LogP contribution is 2.22. The molecule has 0 fully saturated rings. The number of aryl methyl sites for hydroxylation is 4. The second-order valence-corrected chi connectivity index (χ2v) is 4.78. The largest absolute Gasteiger partial charge is 0.320 e. The van der Waals surface area contributed by atoms with Crippen LogP contribution in [-0.4, -0.2) is 15.7 Å². The highest BCUT2D eigenvalue weighted by molar-refractivity contribution is 6.03. The molecule has 1 N–H and O–H groups in total. The molecule has 1 aromatic heterocycles. The van der Waals surface area contributed by atoms with Crippen LogP contribution in [-0.2, 0) is 6.54 Å². The lowest BCUT2D eigenvalue weighted by Crippen LogP contribution is -2.15. The molecule has 0 aliphatic carbocycles. The van der Waals surface area contributed by atoms with Crippen molar-refractivity contribution in [3.05, 3.63) is 46.8 Å². The number of nitrogens with zero attached hydrogens (tertiary/aromatic N) is 2. The first-order chi connectivity index (χ1) is 9.01. The lowest BCUT2D eigenvalue weighted by Gasteiger charge is -2.11. The Morgan fingerprint density at radius 1 is 1.26 bits per heavy atom. The van der Waals surface area contributed by atoms with Crippen molar-refractivity contribution in [1.29, 1.82) is 0 Å². The highest BCUT2D eigenvalue weighted by Gasteiger charge is 2.12. The Hall–Kier alpha value is -2.10. The SMILES string of the molecule is CCn1ccc(C(=O)Nc2c(C)cc(C)cc2C)n1. The minimum Gasteiger partial charge on any atom is -0.320 e. The molecule has 1 amide bonds. The van der Waals surface area contributed by atoms with Crippen LogP contribution < -0.4 is 5.32 Å². The van der Waals surface area contributed by atoms with Gasteiger partial charge in [-0.3, -0.25) is 9.48 Å². The van der Waals surface area contributed by atoms with Crippen molar-refractivity contribution in [3.63, 3.8) is 0 Å². The quantitative estimate of drug-likeness (QED) is 0.918. The van der Waals surface area contributed by atoms with Crippen molar-refractivity contribution in [3.8, 4) is 0 Å². The summed E-state index contributed by atoms with van der Waals surface area (Å²) in [5.74, 6) is -0.165. The van der Waals surface area contributed by atoms with E-state index in [1.54, 1.807) is 10.7 Å². The number of amides is 1. The van der Waals surface area contributed by atoms with E-state index in [0.717, 1.165) is 23.4 Å². The summed E-state index contributed by atoms with van der Waals surface area (Å²) >= 11 is 0. The van der Waals surface area contributed by atoms with Gasteiger partial charge in [0.15, 0.2) is 5.69 Å². The van der Waals surface area contributed by atoms with Crippen LogP contribution in [0.3, 0.4) is 0 Å². The first kappa shape index (κ1) is 13.3. The lowest BCUT2D eigenvalue weighted by atomic mass is 10.1. The Kier molecular flexibility index (Phi) is 3.69. The van der Waals surface area contributed by atoms with Gasteiger partial charge in [-0.1, -0.05) is 17.7 Å². The number of anilines is 1. The topological polar surface area (TPSA) is 46.9 Å². The maximum atomic E-state index is 12.1. The van der Waals surface area contributed by atoms with Gasteiger partial charge in [0, 0.05) is 18.4 Å². The molecule has 4 heteroatoms. The zero-order valence-electron chi connectivity index (χ0n) is 11.8. The van der Waals surface area contributed by atoms with E-state index < -0.39 is 0 Å². The molecule has 0 aliphatic heterocycles. The van der Waals surface area contributed by atoms with E-state index >= 15 is 0 Å². The van der Waals surface area contributed by atoms with Gasteiger partial charge in [-0.25, -0.2) is 0 Å². The Morgan fingerprint density at radius 2 is 1.89 bits per heavy atom. The van der Waals surface area contributed by atoms with Gasteiger partial charge in [0.05, 0.1) is 0 Å². The third-order valence-electron chi connectivity index (χ3n) is 3.11. The minimum atomic E-state index is -0.165. The molecule has 0 unspecified atom stereocenters. The maximum Gasteiger partial charge on any atom is 0.276 e. The van der Waals surface area contributed by atoms with Gasteiger partial charge in [0.25, 0.3) is 5.91 Å². The predicted molar refractivity (Wildman–Crippen MR) is 76.5 cm³/mol. The fourth-order valence-corrected chi connectivity index (χ4v) is 2.21. The van der Waals surface area contributed by atoms with Crippen molar-refractivity contribution < 1.29 is 4.79 Å². The van der Waals surface area contributed by atoms with Crippen molar-refractivity contribution >= 4 is 11.6 Å². The summed E-state index contributed by atoms with van der Waals surface area (Å²) in [6, 6.07) is 5.86. The summed E-state index contributed by atoms with van der Waals surface area (Å²) in [4.78, 5) is 12.1. The van der Waals surface area contributed by atoms with Gasteiger partial charge in [0.2, 0.25) is 0 Å². The van der Waals surface area contributed by atoms with Crippen LogP contribution in [0.5, 0.6) is 0 Å². The Balaban J connectivity index is 2.24. The van der Waals surface area contributed by atoms with Crippen LogP contribution >= 0.6 is 0 Å². The van der Waals surface area contributed by atoms with Gasteiger partial charge in [-0.2, -0.15) is 5.10 Å². The summed E-state index contributed by atoms with van der Waals surface area (Å²) in [7, 11) is 0. The first-order valence-electron chi connectivity index (χ1n) is 6.44. The van der Waals surface area contributed by atoms with E-state index in [2.05, 4.69) is 29.5 Å². The molecule has 0 radical (unpaired) electrons. The highest BCUT2D eigenvalue weighted by atomic mass is 16.1. The van der Waals surface area contributed by atoms with Crippen LogP contribution in [0, 0.1) is 20.8 Å². The van der Waals surface area contributed by atoms with Gasteiger partial charge in [-0.15, -0.1) is 0 Å². The normalized spacial score (nSPS) is 10.5. The summed E-state index contributed by atoms with van der Waals surface area (Å²) in [5.41, 5.74) is 4.66. The second kappa shape index (κ2) is 5.26. The molecule has 0 spiro atoms. The van der Waals surface area contributed by atoms with Crippen LogP contribution in [0.1, 0.15) is 34.1 Å². The molecule has 100 valence electrons. The van der Waals surface area contributed by atoms with Crippen LogP contribution in [0.4, 0.5) is 5.69 Å². The fraction of sp³-hybridized carbons (Fsp3) is 0.333. The molecule has 2 aromatic rings. The van der Waals surface area contributed by atoms with E-state index in [1.165, 1.54) is 5.56 Å². The second-order valence-electron chi connectivity index (χ2n) is 4.78. The maximum absolute atomic E-state index is 12.1. The smallest absolute Gasteiger partial charge is 0.276 e. The first-order valence-corrected chi connectivity index (χ1v) is 6.44. The molecule has 0 saturated carbocycles. The molecule has 1 aromatic carbocycles. The molecular formula is C15H19N3O. The number of hydrogen-bond acceptors (Lipinski definition) is 2. The number of benzene rings is 1. The molecule has 0 atom stereocenters. The van der Waals surface area contributed by atoms with E-state index in [-0.39, 0.29) is 5.91 Å². The molecule has 0 saturated heterocycles. The molecule has 4 nitrogen and oxygen atoms in total. The van der Waals surface area contributed by atoms with E-state index in [0.29, 0.717) is 5.69 Å². The zero-order valence-corrected chi connectivity index (χ0v) is 11.8. The van der Waals surface area contributed by atoms with Crippen LogP contribution in [0.15, 0.2) is 24.4 Å². The third-order valence-corrected chi connectivity index (χ3v) is 3.11. The average molecular weight is 257 g/mol. The summed E-state index contributed by atoms with van der Waals surface area (Å²) in [6.45, 7) is 8.80. The van der Waals surface area contributed by atoms with Crippen LogP contribution in [0.2, 0.25) is 0 Å². The minimum absolute atomic E-state index is 0.165. The molecule has 2 rings (SSSR count). The Labute approximate surface area is 113 Å². The van der Waals surface area contributed by atoms with Crippen molar-refractivity contribution in [2.24, 2.45) is 0 Å². The fourth-order valence-electron chi connectivity index (χ4n) is 2.21. The van der Waals surface area contributed by atoms with Crippen LogP contribution in [0.25, 0.3) is 0 Å². The Bertz CT molecular complexity index is 591. The van der Waals surface area contributed by atoms with E-state index in [1.807, 2.05) is 27.0 Å². The molecule has 0 aliphatic rings. The van der Waals surface area contributed by atoms with Gasteiger partial charge >= 0.3 is 0 Å². The molecular weight excluding hydrogens is 238 g/mol. The summed E-state index contributed by atoms with van der Waals surface area (Å²) in [6.07, 6.45) is 1.81. The lowest BCUT2D eigenvalue weighted by molar-refractivity contribution is 0.102. The monoisotopic (exact) mass is 257 g/mol. The standard InChI is InChI=1S/C15H19N3O/c1-5-18-7-6-13(17-18)15(19)16-14-11(3)8-10(2)9-12(14)4/h6-9H,5H2,1-4H3,(H,16,19). The number of nitrogens with one attached hydrogen (secondary N) is 1. The Morgan fingerprint density at radius 3 is 2.42 bits per heavy atom. The van der Waals surface area contributed by atoms with Crippen molar-refractivity contribution in [2.75, 3.05) is 5.32 Å². The number of carbonyl (C=O) groups is 1. The zero-order chi connectivity index (χ0) is 14.0. The average Bonchev–Trinajstić information content (AvgIpc) is 2.82. The molecule has 1 heterocycles. The predicted octanol–water partition coefficient (Wildman–Crippen LogP) is 3.08. The van der Waals surface area contributed by atoms with E-state index in [4.69, 9.17) is 0 Å². The molecule has 0 bridgehead atoms. The number of carbonyl (C=O) groups excluding carboxylic acids is 1. The van der Waals surface area contributed by atoms with Gasteiger partial charge in [-0.05, 0) is 44.9 Å².